The molecule has 4 nitrogen and oxygen atoms in total. The van der Waals surface area contributed by atoms with Gasteiger partial charge in [0, 0.05) is 59.3 Å². The summed E-state index contributed by atoms with van der Waals surface area (Å²) in [6, 6.07) is 43.9. The molecule has 0 aliphatic rings. The van der Waals surface area contributed by atoms with Crippen molar-refractivity contribution < 1.29 is 0 Å². The SMILES string of the molecule is C=C/C=c1\c(=C)sc2c(-n3c4ccccc4c4cc(-c5ccc6c(c5)c5ccccc5n6-c5nccc6c5sc5ccccc56)ccc43)nccc12. The molecule has 6 aromatic heterocycles. The van der Waals surface area contributed by atoms with E-state index in [-0.39, 0.29) is 0 Å². The topological polar surface area (TPSA) is 35.6 Å². The minimum absolute atomic E-state index is 0.923. The molecule has 5 aromatic carbocycles. The van der Waals surface area contributed by atoms with Crippen LogP contribution in [0.25, 0.3) is 109 Å². The number of allylic oxidation sites excluding steroid dienone is 1. The van der Waals surface area contributed by atoms with Crippen molar-refractivity contribution in [3.8, 4) is 22.8 Å². The van der Waals surface area contributed by atoms with E-state index in [1.54, 1.807) is 11.3 Å². The van der Waals surface area contributed by atoms with Gasteiger partial charge in [0.1, 0.15) is 0 Å². The zero-order chi connectivity index (χ0) is 34.5. The number of fused-ring (bicyclic) bond motifs is 10. The van der Waals surface area contributed by atoms with Crippen LogP contribution >= 0.6 is 22.7 Å². The van der Waals surface area contributed by atoms with Crippen LogP contribution in [0.1, 0.15) is 0 Å². The van der Waals surface area contributed by atoms with E-state index in [2.05, 4.69) is 144 Å². The maximum Gasteiger partial charge on any atom is 0.155 e. The summed E-state index contributed by atoms with van der Waals surface area (Å²) in [5.74, 6) is 1.90. The summed E-state index contributed by atoms with van der Waals surface area (Å²) >= 11 is 3.50. The number of para-hydroxylation sites is 2. The fourth-order valence-electron chi connectivity index (χ4n) is 8.10. The number of hydrogen-bond donors (Lipinski definition) is 0. The monoisotopic (exact) mass is 700 g/mol. The second-order valence-electron chi connectivity index (χ2n) is 13.1. The van der Waals surface area contributed by atoms with Crippen molar-refractivity contribution in [1.29, 1.82) is 0 Å². The van der Waals surface area contributed by atoms with E-state index in [4.69, 9.17) is 9.97 Å². The van der Waals surface area contributed by atoms with Crippen molar-refractivity contribution in [1.82, 2.24) is 19.1 Å². The van der Waals surface area contributed by atoms with Crippen molar-refractivity contribution in [2.45, 2.75) is 0 Å². The molecule has 244 valence electrons. The largest absolute Gasteiger partial charge is 0.293 e. The van der Waals surface area contributed by atoms with Crippen LogP contribution in [0.5, 0.6) is 0 Å². The fourth-order valence-corrected chi connectivity index (χ4v) is 10.3. The van der Waals surface area contributed by atoms with Crippen LogP contribution in [0.15, 0.2) is 146 Å². The summed E-state index contributed by atoms with van der Waals surface area (Å²) in [7, 11) is 0. The highest BCUT2D eigenvalue weighted by atomic mass is 32.1. The molecule has 6 heteroatoms. The molecule has 11 rings (SSSR count). The van der Waals surface area contributed by atoms with Crippen LogP contribution in [0, 0.1) is 0 Å². The molecule has 0 saturated carbocycles. The van der Waals surface area contributed by atoms with Crippen LogP contribution < -0.4 is 9.75 Å². The van der Waals surface area contributed by atoms with E-state index in [1.807, 2.05) is 35.9 Å². The lowest BCUT2D eigenvalue weighted by Crippen LogP contribution is -2.15. The third-order valence-corrected chi connectivity index (χ3v) is 12.6. The van der Waals surface area contributed by atoms with Gasteiger partial charge in [-0.2, -0.15) is 0 Å². The molecule has 0 aliphatic carbocycles. The molecular weight excluding hydrogens is 673 g/mol. The maximum absolute atomic E-state index is 5.01. The second-order valence-corrected chi connectivity index (χ2v) is 15.3. The molecule has 0 saturated heterocycles. The first kappa shape index (κ1) is 29.4. The first-order valence-electron chi connectivity index (χ1n) is 17.2. The number of benzene rings is 5. The first-order valence-corrected chi connectivity index (χ1v) is 18.8. The van der Waals surface area contributed by atoms with Crippen LogP contribution in [-0.4, -0.2) is 19.1 Å². The average Bonchev–Trinajstić information content (AvgIpc) is 3.92. The molecule has 11 aromatic rings. The minimum atomic E-state index is 0.923. The minimum Gasteiger partial charge on any atom is -0.293 e. The molecule has 52 heavy (non-hydrogen) atoms. The van der Waals surface area contributed by atoms with E-state index in [1.165, 1.54) is 52.8 Å². The third-order valence-electron chi connectivity index (χ3n) is 10.4. The Labute approximate surface area is 305 Å². The van der Waals surface area contributed by atoms with Gasteiger partial charge in [0.05, 0.1) is 31.5 Å². The average molecular weight is 701 g/mol. The second kappa shape index (κ2) is 11.1. The number of thiophene rings is 2. The highest BCUT2D eigenvalue weighted by molar-refractivity contribution is 7.26. The maximum atomic E-state index is 5.01. The van der Waals surface area contributed by atoms with Gasteiger partial charge >= 0.3 is 0 Å². The molecule has 0 radical (unpaired) electrons. The Morgan fingerprint density at radius 2 is 1.02 bits per heavy atom. The molecule has 0 aliphatic heterocycles. The lowest BCUT2D eigenvalue weighted by molar-refractivity contribution is 1.10. The van der Waals surface area contributed by atoms with Gasteiger partial charge in [0.2, 0.25) is 0 Å². The van der Waals surface area contributed by atoms with Gasteiger partial charge in [-0.3, -0.25) is 9.13 Å². The van der Waals surface area contributed by atoms with Crippen molar-refractivity contribution in [2.75, 3.05) is 0 Å². The van der Waals surface area contributed by atoms with E-state index in [0.29, 0.717) is 0 Å². The lowest BCUT2D eigenvalue weighted by Gasteiger charge is -2.09. The number of nitrogens with zero attached hydrogens (tertiary/aromatic N) is 4. The van der Waals surface area contributed by atoms with Gasteiger partial charge in [0.15, 0.2) is 11.6 Å². The summed E-state index contributed by atoms with van der Waals surface area (Å²) in [6.45, 7) is 8.28. The van der Waals surface area contributed by atoms with Gasteiger partial charge in [-0.15, -0.1) is 22.7 Å². The van der Waals surface area contributed by atoms with E-state index >= 15 is 0 Å². The van der Waals surface area contributed by atoms with Gasteiger partial charge in [-0.25, -0.2) is 9.97 Å². The van der Waals surface area contributed by atoms with Gasteiger partial charge < -0.3 is 0 Å². The lowest BCUT2D eigenvalue weighted by atomic mass is 10.0. The summed E-state index contributed by atoms with van der Waals surface area (Å²) in [4.78, 5) is 9.97. The molecule has 0 bridgehead atoms. The number of rotatable bonds is 4. The highest BCUT2D eigenvalue weighted by Gasteiger charge is 2.20. The Morgan fingerprint density at radius 3 is 1.63 bits per heavy atom. The molecule has 0 amide bonds. The van der Waals surface area contributed by atoms with E-state index in [0.717, 1.165) is 53.5 Å². The summed E-state index contributed by atoms with van der Waals surface area (Å²) in [5, 5.41) is 9.58. The van der Waals surface area contributed by atoms with Crippen LogP contribution in [0.3, 0.4) is 0 Å². The quantitative estimate of drug-likeness (QED) is 0.183. The highest BCUT2D eigenvalue weighted by Crippen LogP contribution is 2.41. The molecular formula is C46H28N4S2. The summed E-state index contributed by atoms with van der Waals surface area (Å²) in [5.41, 5.74) is 6.90. The molecule has 6 heterocycles. The van der Waals surface area contributed by atoms with E-state index in [9.17, 15) is 0 Å². The normalized spacial score (nSPS) is 12.5. The Kier molecular flexibility index (Phi) is 6.26. The molecule has 0 atom stereocenters. The number of aromatic nitrogens is 4. The van der Waals surface area contributed by atoms with Crippen molar-refractivity contribution in [3.63, 3.8) is 0 Å². The van der Waals surface area contributed by atoms with Gasteiger partial charge in [-0.05, 0) is 70.9 Å². The third kappa shape index (κ3) is 4.07. The van der Waals surface area contributed by atoms with Crippen LogP contribution in [0.4, 0.5) is 0 Å². The molecule has 0 unspecified atom stereocenters. The molecule has 0 N–H and O–H groups in total. The predicted molar refractivity (Wildman–Crippen MR) is 224 cm³/mol. The van der Waals surface area contributed by atoms with Crippen molar-refractivity contribution >= 4 is 109 Å². The number of pyridine rings is 2. The zero-order valence-corrected chi connectivity index (χ0v) is 29.5. The molecule has 0 spiro atoms. The Hall–Kier alpha value is -6.34. The fraction of sp³-hybridized carbons (Fsp3) is 0. The van der Waals surface area contributed by atoms with Gasteiger partial charge in [-0.1, -0.05) is 92.0 Å². The Balaban J connectivity index is 1.12. The zero-order valence-electron chi connectivity index (χ0n) is 27.9. The molecule has 0 fully saturated rings. The first-order chi connectivity index (χ1) is 25.7. The summed E-state index contributed by atoms with van der Waals surface area (Å²) in [6.07, 6.45) is 7.72. The smallest absolute Gasteiger partial charge is 0.155 e. The van der Waals surface area contributed by atoms with Gasteiger partial charge in [0.25, 0.3) is 0 Å². The predicted octanol–water partition coefficient (Wildman–Crippen LogP) is 11.3. The number of hydrogen-bond acceptors (Lipinski definition) is 4. The van der Waals surface area contributed by atoms with Crippen molar-refractivity contribution in [3.05, 3.63) is 156 Å². The van der Waals surface area contributed by atoms with Crippen molar-refractivity contribution in [2.24, 2.45) is 0 Å². The summed E-state index contributed by atoms with van der Waals surface area (Å²) < 4.78 is 9.26. The van der Waals surface area contributed by atoms with Crippen LogP contribution in [-0.2, 0) is 0 Å². The standard InChI is InChI=1S/C46H28N4S2/c1-3-10-30-27(2)51-43-34(30)21-23-47-45(43)49-38-14-7-4-11-31(38)36-25-28(17-19-40(36)49)29-18-20-41-37(26-29)32-12-5-8-15-39(32)50(41)46-44-35(22-24-48-46)33-13-6-9-16-42(33)52-44/h3-26H,1-2H2/b30-10+. The Bertz CT molecular complexity index is 3410. The Morgan fingerprint density at radius 1 is 0.500 bits per heavy atom. The van der Waals surface area contributed by atoms with Crippen LogP contribution in [0.2, 0.25) is 0 Å². The van der Waals surface area contributed by atoms with E-state index < -0.39 is 0 Å².